The second kappa shape index (κ2) is 62.2. The Labute approximate surface area is 892 Å². The fraction of sp³-hybridized carbons (Fsp3) is 0.359. The molecule has 44 heteroatoms. The first-order valence-corrected chi connectivity index (χ1v) is 48.3. The number of ketones is 8. The number of ether oxygens (including phenoxy) is 4. The molecule has 147 heavy (non-hydrogen) atoms. The maximum Gasteiger partial charge on any atom is 0.310 e. The average molecular weight is 2190 g/mol. The van der Waals surface area contributed by atoms with Crippen LogP contribution in [0, 0.1) is 0 Å². The number of aliphatic carboxylic acids is 1. The number of carboxylic acid groups (broad SMARTS) is 1. The molecule has 792 valence electrons. The number of halogens is 8. The minimum atomic E-state index is -1.22. The predicted octanol–water partition coefficient (Wildman–Crippen LogP) is 16.5. The number of likely N-dealkylation sites (N-methyl/N-ethyl adjacent to an activating group) is 2. The maximum atomic E-state index is 12.9. The minimum Gasteiger partial charge on any atom is -0.505 e. The Morgan fingerprint density at radius 1 is 0.476 bits per heavy atom. The quantitative estimate of drug-likeness (QED) is 0.0128. The number of hydrogen-bond donors (Lipinski definition) is 8. The number of aromatic hydroxyl groups is 1. The second-order valence-electron chi connectivity index (χ2n) is 33.3. The number of phenolic OH excluding ortho intramolecular Hbond substituents is 1. The highest BCUT2D eigenvalue weighted by Gasteiger charge is 2.47. The van der Waals surface area contributed by atoms with Gasteiger partial charge in [-0.3, -0.25) is 91.5 Å². The Hall–Kier alpha value is -13.0. The van der Waals surface area contributed by atoms with Crippen LogP contribution in [0.2, 0.25) is 40.2 Å². The van der Waals surface area contributed by atoms with Crippen LogP contribution in [-0.2, 0) is 57.4 Å². The molecule has 0 saturated carbocycles. The number of anilines is 4. The van der Waals surface area contributed by atoms with Crippen molar-refractivity contribution in [2.24, 2.45) is 0 Å². The molecule has 7 atom stereocenters. The van der Waals surface area contributed by atoms with Gasteiger partial charge in [-0.25, -0.2) is 10.0 Å². The highest BCUT2D eigenvalue weighted by atomic mass is 35.5. The number of nitrogens with zero attached hydrogens (tertiary/aromatic N) is 6. The molecule has 5 aliphatic heterocycles. The Morgan fingerprint density at radius 2 is 0.878 bits per heavy atom. The topological polar surface area (TPSA) is 490 Å². The van der Waals surface area contributed by atoms with Gasteiger partial charge >= 0.3 is 11.9 Å². The Morgan fingerprint density at radius 3 is 1.27 bits per heavy atom. The number of hydrogen-bond acceptors (Lipinski definition) is 28. The summed E-state index contributed by atoms with van der Waals surface area (Å²) in [5, 5.41) is 39.1. The zero-order valence-corrected chi connectivity index (χ0v) is 90.2. The highest BCUT2D eigenvalue weighted by Crippen LogP contribution is 2.36. The Kier molecular flexibility index (Phi) is 53.5. The van der Waals surface area contributed by atoms with E-state index >= 15 is 0 Å². The van der Waals surface area contributed by atoms with Crippen LogP contribution < -0.4 is 51.6 Å². The molecule has 5 aliphatic rings. The first-order chi connectivity index (χ1) is 69.1. The molecule has 0 spiro atoms. The number of phenols is 1. The van der Waals surface area contributed by atoms with Crippen molar-refractivity contribution in [3.8, 4) is 17.2 Å². The van der Waals surface area contributed by atoms with Crippen molar-refractivity contribution in [1.82, 2.24) is 41.3 Å². The van der Waals surface area contributed by atoms with E-state index in [2.05, 4.69) is 26.6 Å². The molecule has 0 bridgehead atoms. The van der Waals surface area contributed by atoms with E-state index in [1.54, 1.807) is 115 Å². The molecule has 9 N–H and O–H groups in total. The number of cyclic esters (lactones) is 1. The van der Waals surface area contributed by atoms with Gasteiger partial charge in [0.1, 0.15) is 30.2 Å². The number of fused-ring (bicyclic) bond motifs is 2. The minimum absolute atomic E-state index is 0.00665. The molecule has 0 aromatic heterocycles. The third kappa shape index (κ3) is 40.6. The Bertz CT molecular complexity index is 5990. The summed E-state index contributed by atoms with van der Waals surface area (Å²) in [6, 6.07) is 37.8. The smallest absolute Gasteiger partial charge is 0.310 e. The lowest BCUT2D eigenvalue weighted by Crippen LogP contribution is -2.64. The zero-order valence-electron chi connectivity index (χ0n) is 84.2. The molecule has 36 nitrogen and oxygen atoms in total. The number of carbonyl (C=O) groups is 18. The number of amides is 7. The first kappa shape index (κ1) is 126. The van der Waals surface area contributed by atoms with Gasteiger partial charge in [-0.05, 0) is 248 Å². The molecule has 0 aliphatic carbocycles. The van der Waals surface area contributed by atoms with E-state index in [0.29, 0.717) is 139 Å². The number of carbonyl (C=O) groups excluding carboxylic acids is 17. The van der Waals surface area contributed by atoms with Gasteiger partial charge in [0, 0.05) is 134 Å². The first-order valence-electron chi connectivity index (χ1n) is 45.3. The molecule has 13 rings (SSSR count). The lowest BCUT2D eigenvalue weighted by Gasteiger charge is -2.43. The van der Waals surface area contributed by atoms with Crippen molar-refractivity contribution in [2.75, 3.05) is 97.6 Å². The molecule has 5 saturated heterocycles. The van der Waals surface area contributed by atoms with E-state index in [0.717, 1.165) is 33.3 Å². The molecular formula is C103H120Cl8N12O24. The molecule has 5 fully saturated rings. The van der Waals surface area contributed by atoms with Gasteiger partial charge in [-0.2, -0.15) is 0 Å². The molecule has 8 aromatic rings. The summed E-state index contributed by atoms with van der Waals surface area (Å²) in [6.07, 6.45) is 2.05. The van der Waals surface area contributed by atoms with Crippen LogP contribution in [0.15, 0.2) is 152 Å². The summed E-state index contributed by atoms with van der Waals surface area (Å²) >= 11 is 45.6. The van der Waals surface area contributed by atoms with Crippen molar-refractivity contribution < 1.29 is 115 Å². The summed E-state index contributed by atoms with van der Waals surface area (Å²) in [4.78, 5) is 211. The van der Waals surface area contributed by atoms with Crippen LogP contribution in [0.4, 0.5) is 22.7 Å². The van der Waals surface area contributed by atoms with Crippen LogP contribution >= 0.6 is 92.8 Å². The summed E-state index contributed by atoms with van der Waals surface area (Å²) in [5.41, 5.74) is 13.4. The van der Waals surface area contributed by atoms with Crippen LogP contribution in [0.5, 0.6) is 17.2 Å². The number of nitrogens with one attached hydrogen (secondary N) is 5. The molecule has 8 aromatic carbocycles. The van der Waals surface area contributed by atoms with Crippen molar-refractivity contribution in [2.45, 2.75) is 169 Å². The number of aldehydes is 1. The van der Waals surface area contributed by atoms with E-state index in [-0.39, 0.29) is 111 Å². The standard InChI is InChI=1S/C16H24N4O6.C15H22N4O6.C10H10ClNO2.2C10H13NO.C9H8Cl2O2.C9H10O2.C8H6Cl2O2.C8H6Cl2O.C8H8ClNO/c1-17-9-5-6-12(21)19-7-3-4-11(20(19)15(9)24)14(23)18-10-8-13(22)26-16(10)25-2;1-16-10-4-5-12(21)18-6-2-3-11(19(18)15(10)25)14(24)17-9(8-20)7-13(22)23;1-6(13)8-3-4-10(9(11)5-8)12-7(2)14;1-8(12)9-4-6-10(7-5-9)11(2)3;1-8(12)9-5-4-6-10(7-9)11(2)3;1-5(12)6-3-7(10)9(13-2)8(11)4-6;1-7(10)8-3-5-9(11-2)6-4-8;1-4(11)5-2-6(9)8(12)7(10)3-5;1-5(11)6-2-7(9)4-8(10)3-6;1-5(11)6-2-3-8(10)7(9)4-6/h9-11,16-17H,3-8H2,1-2H3,(H,18,23);8-11,16H,2-7H2,1H3,(H,17,24)(H,22,23);3-5H,1-2H3,(H,12,14);2*4-7H,1-3H3;3-4H,1-2H3;3-6H,1-2H3;2-3,12H,1H3;2-4H,1H3;2-4H,10H2,1H3/t9-,10-,11-,16?;9-,10-,11-;;;;;;;;/m00......../s1. The van der Waals surface area contributed by atoms with Crippen LogP contribution in [0.25, 0.3) is 0 Å². The largest absolute Gasteiger partial charge is 0.505 e. The third-order valence-electron chi connectivity index (χ3n) is 21.9. The van der Waals surface area contributed by atoms with Gasteiger partial charge in [0.15, 0.2) is 57.8 Å². The van der Waals surface area contributed by atoms with Gasteiger partial charge in [0.05, 0.1) is 86.7 Å². The van der Waals surface area contributed by atoms with Crippen molar-refractivity contribution in [3.63, 3.8) is 0 Å². The molecule has 5 heterocycles. The Balaban J connectivity index is 0.000000347. The number of hydrazine groups is 2. The zero-order chi connectivity index (χ0) is 111. The third-order valence-corrected chi connectivity index (χ3v) is 24.1. The fourth-order valence-electron chi connectivity index (χ4n) is 13.9. The molecule has 0 radical (unpaired) electrons. The van der Waals surface area contributed by atoms with Crippen LogP contribution in [0.3, 0.4) is 0 Å². The average Bonchev–Trinajstić information content (AvgIpc) is 1.69. The van der Waals surface area contributed by atoms with E-state index in [1.807, 2.05) is 86.5 Å². The fourth-order valence-corrected chi connectivity index (χ4v) is 16.0. The number of nitrogen functional groups attached to an aromatic ring is 1. The van der Waals surface area contributed by atoms with E-state index in [1.165, 1.54) is 101 Å². The summed E-state index contributed by atoms with van der Waals surface area (Å²) in [6.45, 7) is 14.1. The number of nitrogens with two attached hydrogens (primary N) is 1. The summed E-state index contributed by atoms with van der Waals surface area (Å²) < 4.78 is 19.9. The number of carboxylic acids is 1. The van der Waals surface area contributed by atoms with Gasteiger partial charge in [0.2, 0.25) is 35.8 Å². The SMILES string of the molecule is CC(=O)Nc1ccc(C(C)=O)cc1Cl.CC(=O)c1cc(Cl)c(O)c(Cl)c1.CC(=O)c1cc(Cl)cc(Cl)c1.CC(=O)c1ccc(N(C)C)cc1.CC(=O)c1ccc(N)c(Cl)c1.CC(=O)c1cccc(N(C)C)c1.CN[C@H]1CCC(=O)N2CCC[C@@H](C(=O)N[C@H](C=O)CC(=O)O)N2C1=O.CN[C@H]1CCC(=O)N2CCC[C@@H](C(=O)N[C@H]3CC(=O)OC3OC)N2C1=O.COc1c(Cl)cc(C(C)=O)cc1Cl.COc1ccc(C(C)=O)cc1. The lowest BCUT2D eigenvalue weighted by atomic mass is 10.0. The van der Waals surface area contributed by atoms with Crippen LogP contribution in [-0.4, -0.2) is 255 Å². The lowest BCUT2D eigenvalue weighted by molar-refractivity contribution is -0.177. The molecule has 7 amide bonds. The highest BCUT2D eigenvalue weighted by molar-refractivity contribution is 6.39. The van der Waals surface area contributed by atoms with E-state index < -0.39 is 72.7 Å². The van der Waals surface area contributed by atoms with Gasteiger partial charge < -0.3 is 76.1 Å². The molecular weight excluding hydrogens is 2070 g/mol. The molecule has 1 unspecified atom stereocenters. The number of benzene rings is 8. The predicted molar refractivity (Wildman–Crippen MR) is 565 cm³/mol. The van der Waals surface area contributed by atoms with E-state index in [4.69, 9.17) is 128 Å². The van der Waals surface area contributed by atoms with Crippen molar-refractivity contribution >= 4 is 221 Å². The number of Topliss-reactive ketones (excluding diaryl/α,β-unsaturated/α-hetero) is 8. The number of esters is 1. The number of rotatable bonds is 23. The maximum absolute atomic E-state index is 12.9. The van der Waals surface area contributed by atoms with Gasteiger partial charge in [-0.15, -0.1) is 0 Å². The van der Waals surface area contributed by atoms with Gasteiger partial charge in [-0.1, -0.05) is 105 Å². The normalized spacial score (nSPS) is 16.2. The van der Waals surface area contributed by atoms with Crippen molar-refractivity contribution in [1.29, 1.82) is 0 Å². The summed E-state index contributed by atoms with van der Waals surface area (Å²) in [5.74, 6) is -3.03. The monoisotopic (exact) mass is 2190 g/mol. The second-order valence-corrected chi connectivity index (χ2v) is 36.6. The van der Waals surface area contributed by atoms with Crippen molar-refractivity contribution in [3.05, 3.63) is 236 Å². The van der Waals surface area contributed by atoms with E-state index in [9.17, 15) is 86.3 Å². The summed E-state index contributed by atoms with van der Waals surface area (Å²) in [7, 11) is 15.6. The van der Waals surface area contributed by atoms with Crippen LogP contribution in [0.1, 0.15) is 209 Å². The number of methoxy groups -OCH3 is 3. The van der Waals surface area contributed by atoms with Gasteiger partial charge in [0.25, 0.3) is 11.8 Å².